The number of hydrogen-bond acceptors (Lipinski definition) is 3. The van der Waals surface area contributed by atoms with Gasteiger partial charge in [0.15, 0.2) is 11.4 Å². The van der Waals surface area contributed by atoms with Crippen LogP contribution in [0.2, 0.25) is 0 Å². The van der Waals surface area contributed by atoms with E-state index in [1.807, 2.05) is 53.1 Å². The number of aliphatic hydroxyl groups is 1. The molecule has 4 nitrogen and oxygen atoms in total. The molecule has 0 spiro atoms. The highest BCUT2D eigenvalue weighted by molar-refractivity contribution is 5.54. The van der Waals surface area contributed by atoms with Crippen LogP contribution in [0.4, 0.5) is 0 Å². The largest absolute Gasteiger partial charge is 0.485 e. The maximum absolute atomic E-state index is 9.22. The maximum Gasteiger partial charge on any atom is 0.179 e. The summed E-state index contributed by atoms with van der Waals surface area (Å²) in [5.41, 5.74) is 2.58. The van der Waals surface area contributed by atoms with Crippen LogP contribution in [0.5, 0.6) is 5.75 Å². The highest BCUT2D eigenvalue weighted by Crippen LogP contribution is 2.20. The lowest BCUT2D eigenvalue weighted by Crippen LogP contribution is -1.98. The smallest absolute Gasteiger partial charge is 0.179 e. The lowest BCUT2D eigenvalue weighted by Gasteiger charge is -2.07. The van der Waals surface area contributed by atoms with Crippen LogP contribution in [0.15, 0.2) is 54.9 Å². The van der Waals surface area contributed by atoms with Gasteiger partial charge in [0.25, 0.3) is 0 Å². The predicted molar refractivity (Wildman–Crippen MR) is 71.9 cm³/mol. The monoisotopic (exact) mass is 254 g/mol. The number of ether oxygens (including phenoxy) is 1. The van der Waals surface area contributed by atoms with Gasteiger partial charge in [-0.15, -0.1) is 0 Å². The van der Waals surface area contributed by atoms with E-state index >= 15 is 0 Å². The van der Waals surface area contributed by atoms with Crippen molar-refractivity contribution in [3.63, 3.8) is 0 Å². The van der Waals surface area contributed by atoms with E-state index in [-0.39, 0.29) is 6.61 Å². The minimum Gasteiger partial charge on any atom is -0.485 e. The minimum absolute atomic E-state index is 0.0384. The minimum atomic E-state index is -0.0384. The molecule has 0 fully saturated rings. The number of imidazole rings is 1. The molecule has 0 atom stereocenters. The van der Waals surface area contributed by atoms with Gasteiger partial charge in [-0.2, -0.15) is 0 Å². The molecule has 0 aliphatic carbocycles. The molecule has 0 aliphatic heterocycles. The van der Waals surface area contributed by atoms with Crippen molar-refractivity contribution in [3.8, 4) is 5.75 Å². The van der Waals surface area contributed by atoms with Crippen molar-refractivity contribution in [2.75, 3.05) is 0 Å². The normalized spacial score (nSPS) is 10.8. The molecule has 1 N–H and O–H groups in total. The quantitative estimate of drug-likeness (QED) is 0.777. The van der Waals surface area contributed by atoms with Crippen LogP contribution >= 0.6 is 0 Å². The van der Waals surface area contributed by atoms with Gasteiger partial charge in [0.2, 0.25) is 0 Å². The second kappa shape index (κ2) is 5.12. The third kappa shape index (κ3) is 2.30. The molecule has 0 saturated carbocycles. The van der Waals surface area contributed by atoms with E-state index < -0.39 is 0 Å². The van der Waals surface area contributed by atoms with E-state index in [0.29, 0.717) is 12.4 Å². The highest BCUT2D eigenvalue weighted by atomic mass is 16.5. The van der Waals surface area contributed by atoms with Crippen molar-refractivity contribution >= 4 is 5.65 Å². The summed E-state index contributed by atoms with van der Waals surface area (Å²) < 4.78 is 7.63. The van der Waals surface area contributed by atoms with Crippen molar-refractivity contribution in [1.29, 1.82) is 0 Å². The fourth-order valence-corrected chi connectivity index (χ4v) is 2.00. The van der Waals surface area contributed by atoms with Crippen molar-refractivity contribution in [2.45, 2.75) is 13.2 Å². The Morgan fingerprint density at radius 2 is 1.95 bits per heavy atom. The lowest BCUT2D eigenvalue weighted by molar-refractivity contribution is 0.275. The molecule has 0 radical (unpaired) electrons. The van der Waals surface area contributed by atoms with Gasteiger partial charge in [0, 0.05) is 6.20 Å². The van der Waals surface area contributed by atoms with Crippen molar-refractivity contribution in [3.05, 3.63) is 66.1 Å². The van der Waals surface area contributed by atoms with Gasteiger partial charge in [-0.3, -0.25) is 4.40 Å². The number of benzene rings is 1. The van der Waals surface area contributed by atoms with E-state index in [9.17, 15) is 5.11 Å². The van der Waals surface area contributed by atoms with Crippen LogP contribution < -0.4 is 4.74 Å². The average molecular weight is 254 g/mol. The Kier molecular flexibility index (Phi) is 3.16. The molecular weight excluding hydrogens is 240 g/mol. The molecule has 4 heteroatoms. The summed E-state index contributed by atoms with van der Waals surface area (Å²) in [4.78, 5) is 4.28. The SMILES string of the molecule is OCc1cnc2c(OCc3ccccc3)cccn12. The molecule has 0 bridgehead atoms. The number of fused-ring (bicyclic) bond motifs is 1. The van der Waals surface area contributed by atoms with Gasteiger partial charge < -0.3 is 9.84 Å². The van der Waals surface area contributed by atoms with Gasteiger partial charge in [-0.1, -0.05) is 30.3 Å². The highest BCUT2D eigenvalue weighted by Gasteiger charge is 2.07. The summed E-state index contributed by atoms with van der Waals surface area (Å²) >= 11 is 0. The predicted octanol–water partition coefficient (Wildman–Crippen LogP) is 2.41. The molecule has 0 saturated heterocycles. The fraction of sp³-hybridized carbons (Fsp3) is 0.133. The van der Waals surface area contributed by atoms with Crippen molar-refractivity contribution in [1.82, 2.24) is 9.38 Å². The van der Waals surface area contributed by atoms with Crippen molar-refractivity contribution in [2.24, 2.45) is 0 Å². The molecule has 3 rings (SSSR count). The molecule has 1 aromatic carbocycles. The van der Waals surface area contributed by atoms with E-state index in [2.05, 4.69) is 4.98 Å². The number of nitrogens with zero attached hydrogens (tertiary/aromatic N) is 2. The first-order valence-electron chi connectivity index (χ1n) is 6.11. The Hall–Kier alpha value is -2.33. The lowest BCUT2D eigenvalue weighted by atomic mass is 10.2. The van der Waals surface area contributed by atoms with Gasteiger partial charge in [0.05, 0.1) is 18.5 Å². The Balaban J connectivity index is 1.87. The fourth-order valence-electron chi connectivity index (χ4n) is 2.00. The van der Waals surface area contributed by atoms with Gasteiger partial charge >= 0.3 is 0 Å². The van der Waals surface area contributed by atoms with Crippen LogP contribution in [0.1, 0.15) is 11.3 Å². The Morgan fingerprint density at radius 3 is 2.74 bits per heavy atom. The van der Waals surface area contributed by atoms with E-state index in [1.165, 1.54) is 0 Å². The van der Waals surface area contributed by atoms with Gasteiger partial charge in [-0.05, 0) is 17.7 Å². The first-order valence-corrected chi connectivity index (χ1v) is 6.11. The first kappa shape index (κ1) is 11.7. The standard InChI is InChI=1S/C15H14N2O2/c18-10-13-9-16-15-14(7-4-8-17(13)15)19-11-12-5-2-1-3-6-12/h1-9,18H,10-11H2. The molecule has 19 heavy (non-hydrogen) atoms. The number of rotatable bonds is 4. The third-order valence-electron chi connectivity index (χ3n) is 2.98. The summed E-state index contributed by atoms with van der Waals surface area (Å²) in [5, 5.41) is 9.22. The summed E-state index contributed by atoms with van der Waals surface area (Å²) in [5.74, 6) is 0.714. The number of pyridine rings is 1. The zero-order valence-electron chi connectivity index (χ0n) is 10.4. The van der Waals surface area contributed by atoms with Gasteiger partial charge in [0.1, 0.15) is 6.61 Å². The topological polar surface area (TPSA) is 46.8 Å². The Bertz CT molecular complexity index is 677. The Labute approximate surface area is 110 Å². The molecule has 96 valence electrons. The summed E-state index contributed by atoms with van der Waals surface area (Å²) in [6.45, 7) is 0.463. The maximum atomic E-state index is 9.22. The summed E-state index contributed by atoms with van der Waals surface area (Å²) in [6, 6.07) is 13.7. The summed E-state index contributed by atoms with van der Waals surface area (Å²) in [6.07, 6.45) is 3.52. The van der Waals surface area contributed by atoms with E-state index in [4.69, 9.17) is 4.74 Å². The molecule has 0 aliphatic rings. The third-order valence-corrected chi connectivity index (χ3v) is 2.98. The average Bonchev–Trinajstić information content (AvgIpc) is 2.90. The number of aliphatic hydroxyl groups excluding tert-OH is 1. The van der Waals surface area contributed by atoms with Crippen molar-refractivity contribution < 1.29 is 9.84 Å². The second-order valence-electron chi connectivity index (χ2n) is 4.25. The zero-order chi connectivity index (χ0) is 13.1. The molecule has 0 unspecified atom stereocenters. The molecular formula is C15H14N2O2. The Morgan fingerprint density at radius 1 is 1.11 bits per heavy atom. The van der Waals surface area contributed by atoms with E-state index in [0.717, 1.165) is 16.9 Å². The van der Waals surface area contributed by atoms with Crippen LogP contribution in [-0.2, 0) is 13.2 Å². The van der Waals surface area contributed by atoms with Crippen LogP contribution in [-0.4, -0.2) is 14.5 Å². The molecule has 3 aromatic rings. The van der Waals surface area contributed by atoms with Crippen LogP contribution in [0.25, 0.3) is 5.65 Å². The zero-order valence-corrected chi connectivity index (χ0v) is 10.4. The first-order chi connectivity index (χ1) is 9.38. The summed E-state index contributed by atoms with van der Waals surface area (Å²) in [7, 11) is 0. The number of hydrogen-bond donors (Lipinski definition) is 1. The molecule has 0 amide bonds. The molecule has 2 aromatic heterocycles. The van der Waals surface area contributed by atoms with Gasteiger partial charge in [-0.25, -0.2) is 4.98 Å². The number of aromatic nitrogens is 2. The van der Waals surface area contributed by atoms with Crippen LogP contribution in [0, 0.1) is 0 Å². The van der Waals surface area contributed by atoms with Crippen LogP contribution in [0.3, 0.4) is 0 Å². The van der Waals surface area contributed by atoms with E-state index in [1.54, 1.807) is 6.20 Å². The molecule has 2 heterocycles. The second-order valence-corrected chi connectivity index (χ2v) is 4.25.